The molecule has 2 N–H and O–H groups in total. The van der Waals surface area contributed by atoms with Crippen molar-refractivity contribution in [1.82, 2.24) is 0 Å². The van der Waals surface area contributed by atoms with Gasteiger partial charge in [-0.3, -0.25) is 0 Å². The number of hydrogen-bond acceptors (Lipinski definition) is 3. The van der Waals surface area contributed by atoms with Gasteiger partial charge in [0, 0.05) is 36.9 Å². The molecule has 0 aromatic heterocycles. The molecule has 0 radical (unpaired) electrons. The lowest BCUT2D eigenvalue weighted by atomic mass is 10.1. The van der Waals surface area contributed by atoms with E-state index in [2.05, 4.69) is 41.0 Å². The Morgan fingerprint density at radius 1 is 0.952 bits per heavy atom. The lowest BCUT2D eigenvalue weighted by Gasteiger charge is -2.38. The second-order valence-corrected chi connectivity index (χ2v) is 5.95. The SMILES string of the molecule is Cc1cccc(N2CCN(c3cc(Cl)ccc3N)CC2)c1. The van der Waals surface area contributed by atoms with Gasteiger partial charge in [-0.15, -0.1) is 0 Å². The maximum absolute atomic E-state index is 6.09. The summed E-state index contributed by atoms with van der Waals surface area (Å²) in [6, 6.07) is 14.3. The van der Waals surface area contributed by atoms with Crippen LogP contribution >= 0.6 is 11.6 Å². The standard InChI is InChI=1S/C17H20ClN3/c1-13-3-2-4-15(11-13)20-7-9-21(10-8-20)17-12-14(18)5-6-16(17)19/h2-6,11-12H,7-10,19H2,1H3. The van der Waals surface area contributed by atoms with Gasteiger partial charge in [-0.25, -0.2) is 0 Å². The number of anilines is 3. The first kappa shape index (κ1) is 14.1. The van der Waals surface area contributed by atoms with Gasteiger partial charge in [0.05, 0.1) is 11.4 Å². The highest BCUT2D eigenvalue weighted by Crippen LogP contribution is 2.28. The number of hydrogen-bond donors (Lipinski definition) is 1. The maximum atomic E-state index is 6.09. The van der Waals surface area contributed by atoms with Crippen LogP contribution in [-0.2, 0) is 0 Å². The molecule has 110 valence electrons. The van der Waals surface area contributed by atoms with Gasteiger partial charge in [0.15, 0.2) is 0 Å². The Labute approximate surface area is 130 Å². The van der Waals surface area contributed by atoms with Crippen molar-refractivity contribution in [2.24, 2.45) is 0 Å². The second kappa shape index (κ2) is 5.86. The molecule has 1 saturated heterocycles. The van der Waals surface area contributed by atoms with Crippen LogP contribution in [0.5, 0.6) is 0 Å². The van der Waals surface area contributed by atoms with E-state index in [9.17, 15) is 0 Å². The van der Waals surface area contributed by atoms with E-state index in [0.29, 0.717) is 0 Å². The summed E-state index contributed by atoms with van der Waals surface area (Å²) in [4.78, 5) is 4.73. The Hall–Kier alpha value is -1.87. The maximum Gasteiger partial charge on any atom is 0.0616 e. The van der Waals surface area contributed by atoms with Crippen molar-refractivity contribution in [3.8, 4) is 0 Å². The van der Waals surface area contributed by atoms with Gasteiger partial charge in [0.2, 0.25) is 0 Å². The zero-order chi connectivity index (χ0) is 14.8. The molecule has 21 heavy (non-hydrogen) atoms. The van der Waals surface area contributed by atoms with E-state index >= 15 is 0 Å². The van der Waals surface area contributed by atoms with Crippen LogP contribution in [0.2, 0.25) is 5.02 Å². The highest BCUT2D eigenvalue weighted by molar-refractivity contribution is 6.31. The van der Waals surface area contributed by atoms with Crippen LogP contribution in [0.15, 0.2) is 42.5 Å². The largest absolute Gasteiger partial charge is 0.397 e. The lowest BCUT2D eigenvalue weighted by molar-refractivity contribution is 0.654. The molecule has 0 bridgehead atoms. The van der Waals surface area contributed by atoms with Gasteiger partial charge < -0.3 is 15.5 Å². The first-order chi connectivity index (χ1) is 10.1. The topological polar surface area (TPSA) is 32.5 Å². The first-order valence-electron chi connectivity index (χ1n) is 7.25. The fourth-order valence-corrected chi connectivity index (χ4v) is 2.99. The fraction of sp³-hybridized carbons (Fsp3) is 0.294. The predicted molar refractivity (Wildman–Crippen MR) is 91.5 cm³/mol. The number of nitrogens with zero attached hydrogens (tertiary/aromatic N) is 2. The Morgan fingerprint density at radius 3 is 2.38 bits per heavy atom. The second-order valence-electron chi connectivity index (χ2n) is 5.52. The molecule has 0 unspecified atom stereocenters. The van der Waals surface area contributed by atoms with E-state index in [0.717, 1.165) is 42.6 Å². The highest BCUT2D eigenvalue weighted by Gasteiger charge is 2.19. The van der Waals surface area contributed by atoms with Crippen molar-refractivity contribution in [3.05, 3.63) is 53.1 Å². The quantitative estimate of drug-likeness (QED) is 0.861. The molecule has 1 heterocycles. The van der Waals surface area contributed by atoms with Crippen molar-refractivity contribution in [2.45, 2.75) is 6.92 Å². The number of piperazine rings is 1. The van der Waals surface area contributed by atoms with Crippen molar-refractivity contribution in [1.29, 1.82) is 0 Å². The van der Waals surface area contributed by atoms with Crippen LogP contribution < -0.4 is 15.5 Å². The van der Waals surface area contributed by atoms with Crippen LogP contribution in [-0.4, -0.2) is 26.2 Å². The average Bonchev–Trinajstić information content (AvgIpc) is 2.50. The number of halogens is 1. The molecule has 2 aromatic rings. The van der Waals surface area contributed by atoms with Gasteiger partial charge in [-0.1, -0.05) is 23.7 Å². The van der Waals surface area contributed by atoms with Crippen LogP contribution in [0, 0.1) is 6.92 Å². The fourth-order valence-electron chi connectivity index (χ4n) is 2.82. The third-order valence-corrected chi connectivity index (χ3v) is 4.21. The van der Waals surface area contributed by atoms with Crippen molar-refractivity contribution in [2.75, 3.05) is 41.7 Å². The average molecular weight is 302 g/mol. The molecule has 0 amide bonds. The summed E-state index contributed by atoms with van der Waals surface area (Å²) in [5.74, 6) is 0. The molecule has 0 saturated carbocycles. The third-order valence-electron chi connectivity index (χ3n) is 3.98. The van der Waals surface area contributed by atoms with Crippen molar-refractivity contribution >= 4 is 28.7 Å². The zero-order valence-electron chi connectivity index (χ0n) is 12.2. The van der Waals surface area contributed by atoms with Gasteiger partial charge in [0.25, 0.3) is 0 Å². The molecule has 0 atom stereocenters. The summed E-state index contributed by atoms with van der Waals surface area (Å²) in [5, 5.41) is 0.736. The Balaban J connectivity index is 1.72. The molecule has 0 spiro atoms. The lowest BCUT2D eigenvalue weighted by Crippen LogP contribution is -2.46. The number of aryl methyl sites for hydroxylation is 1. The van der Waals surface area contributed by atoms with Crippen LogP contribution in [0.4, 0.5) is 17.1 Å². The summed E-state index contributed by atoms with van der Waals surface area (Å²) in [7, 11) is 0. The molecule has 3 rings (SSSR count). The molecule has 4 heteroatoms. The van der Waals surface area contributed by atoms with Gasteiger partial charge in [0.1, 0.15) is 0 Å². The molecule has 1 aliphatic rings. The normalized spacial score (nSPS) is 15.3. The number of nitrogens with two attached hydrogens (primary N) is 1. The highest BCUT2D eigenvalue weighted by atomic mass is 35.5. The molecule has 2 aromatic carbocycles. The first-order valence-corrected chi connectivity index (χ1v) is 7.63. The van der Waals surface area contributed by atoms with E-state index in [1.165, 1.54) is 11.3 Å². The molecule has 1 fully saturated rings. The van der Waals surface area contributed by atoms with Crippen molar-refractivity contribution < 1.29 is 0 Å². The Morgan fingerprint density at radius 2 is 1.67 bits per heavy atom. The number of benzene rings is 2. The van der Waals surface area contributed by atoms with Crippen molar-refractivity contribution in [3.63, 3.8) is 0 Å². The van der Waals surface area contributed by atoms with E-state index in [4.69, 9.17) is 17.3 Å². The smallest absolute Gasteiger partial charge is 0.0616 e. The zero-order valence-corrected chi connectivity index (χ0v) is 13.0. The Bertz CT molecular complexity index is 634. The summed E-state index contributed by atoms with van der Waals surface area (Å²) in [6.07, 6.45) is 0. The monoisotopic (exact) mass is 301 g/mol. The molecular formula is C17H20ClN3. The molecule has 3 nitrogen and oxygen atoms in total. The summed E-state index contributed by atoms with van der Waals surface area (Å²) >= 11 is 6.09. The van der Waals surface area contributed by atoms with Crippen LogP contribution in [0.3, 0.4) is 0 Å². The van der Waals surface area contributed by atoms with E-state index in [1.54, 1.807) is 0 Å². The summed E-state index contributed by atoms with van der Waals surface area (Å²) < 4.78 is 0. The molecular weight excluding hydrogens is 282 g/mol. The van der Waals surface area contributed by atoms with Gasteiger partial charge >= 0.3 is 0 Å². The summed E-state index contributed by atoms with van der Waals surface area (Å²) in [5.41, 5.74) is 10.5. The minimum Gasteiger partial charge on any atom is -0.397 e. The minimum absolute atomic E-state index is 0.736. The number of nitrogen functional groups attached to an aromatic ring is 1. The van der Waals surface area contributed by atoms with Crippen LogP contribution in [0.1, 0.15) is 5.56 Å². The molecule has 0 aliphatic carbocycles. The molecule has 1 aliphatic heterocycles. The van der Waals surface area contributed by atoms with Gasteiger partial charge in [-0.05, 0) is 42.8 Å². The van der Waals surface area contributed by atoms with Crippen LogP contribution in [0.25, 0.3) is 0 Å². The summed E-state index contributed by atoms with van der Waals surface area (Å²) in [6.45, 7) is 6.04. The predicted octanol–water partition coefficient (Wildman–Crippen LogP) is 3.56. The van der Waals surface area contributed by atoms with E-state index in [-0.39, 0.29) is 0 Å². The number of rotatable bonds is 2. The van der Waals surface area contributed by atoms with E-state index in [1.807, 2.05) is 18.2 Å². The van der Waals surface area contributed by atoms with Gasteiger partial charge in [-0.2, -0.15) is 0 Å². The van der Waals surface area contributed by atoms with E-state index < -0.39 is 0 Å². The Kier molecular flexibility index (Phi) is 3.93. The third kappa shape index (κ3) is 3.08. The minimum atomic E-state index is 0.736.